The van der Waals surface area contributed by atoms with Crippen molar-refractivity contribution in [3.8, 4) is 11.5 Å². The van der Waals surface area contributed by atoms with E-state index in [9.17, 15) is 24.3 Å². The fourth-order valence-corrected chi connectivity index (χ4v) is 4.42. The normalized spacial score (nSPS) is 13.2. The summed E-state index contributed by atoms with van der Waals surface area (Å²) in [6, 6.07) is 12.2. The zero-order chi connectivity index (χ0) is 25.0. The van der Waals surface area contributed by atoms with E-state index in [2.05, 4.69) is 10.4 Å². The number of nitrogens with one attached hydrogen (secondary N) is 2. The Kier molecular flexibility index (Phi) is 10.5. The molecule has 2 aromatic rings. The SMILES string of the molecule is CCOC(=O)[C@H](CCCCNC(C)=O)NP(=O)(Oc1ccccc1)Oc1ccc([N+](=O)[O-])cc1. The minimum atomic E-state index is -4.20. The van der Waals surface area contributed by atoms with Crippen molar-refractivity contribution in [2.75, 3.05) is 13.2 Å². The Balaban J connectivity index is 2.22. The molecule has 0 aliphatic rings. The third kappa shape index (κ3) is 9.21. The molecule has 0 bridgehead atoms. The molecular weight excluding hydrogens is 465 g/mol. The summed E-state index contributed by atoms with van der Waals surface area (Å²) in [5, 5.41) is 16.2. The summed E-state index contributed by atoms with van der Waals surface area (Å²) >= 11 is 0. The van der Waals surface area contributed by atoms with Gasteiger partial charge in [-0.25, -0.2) is 4.57 Å². The van der Waals surface area contributed by atoms with E-state index in [1.807, 2.05) is 0 Å². The molecule has 0 saturated carbocycles. The molecule has 0 heterocycles. The lowest BCUT2D eigenvalue weighted by Crippen LogP contribution is -2.38. The fourth-order valence-electron chi connectivity index (χ4n) is 2.87. The smallest absolute Gasteiger partial charge is 0.465 e. The standard InChI is InChI=1S/C22H28N3O8P/c1-3-31-22(27)21(11-7-8-16-23-17(2)26)24-34(30,32-19-9-5-4-6-10-19)33-20-14-12-18(13-15-20)25(28)29/h4-6,9-10,12-15,21H,3,7-8,11,16H2,1-2H3,(H,23,26)(H,24,30)/t21-,34?/m0/s1. The number of para-hydroxylation sites is 1. The second-order valence-corrected chi connectivity index (χ2v) is 8.77. The first kappa shape index (κ1) is 26.8. The molecule has 0 aliphatic carbocycles. The van der Waals surface area contributed by atoms with E-state index in [-0.39, 0.29) is 36.1 Å². The largest absolute Gasteiger partial charge is 0.513 e. The number of carbonyl (C=O) groups excluding carboxylic acids is 2. The fraction of sp³-hybridized carbons (Fsp3) is 0.364. The number of hydrogen-bond acceptors (Lipinski definition) is 8. The number of unbranched alkanes of at least 4 members (excludes halogenated alkanes) is 1. The van der Waals surface area contributed by atoms with Gasteiger partial charge in [0, 0.05) is 25.6 Å². The van der Waals surface area contributed by atoms with Crippen molar-refractivity contribution in [1.82, 2.24) is 10.4 Å². The highest BCUT2D eigenvalue weighted by Gasteiger charge is 2.35. The number of nitrogens with zero attached hydrogens (tertiary/aromatic N) is 1. The van der Waals surface area contributed by atoms with Crippen LogP contribution in [0.4, 0.5) is 5.69 Å². The van der Waals surface area contributed by atoms with Crippen LogP contribution in [0.15, 0.2) is 54.6 Å². The predicted octanol–water partition coefficient (Wildman–Crippen LogP) is 3.99. The van der Waals surface area contributed by atoms with E-state index in [4.69, 9.17) is 13.8 Å². The third-order valence-electron chi connectivity index (χ3n) is 4.42. The Hall–Kier alpha value is -3.43. The van der Waals surface area contributed by atoms with Crippen LogP contribution in [0.1, 0.15) is 33.1 Å². The number of esters is 1. The zero-order valence-electron chi connectivity index (χ0n) is 19.0. The molecule has 34 heavy (non-hydrogen) atoms. The maximum atomic E-state index is 13.7. The number of benzene rings is 2. The first-order chi connectivity index (χ1) is 16.2. The van der Waals surface area contributed by atoms with Crippen LogP contribution in [0.2, 0.25) is 0 Å². The molecule has 12 heteroatoms. The van der Waals surface area contributed by atoms with E-state index < -0.39 is 24.7 Å². The van der Waals surface area contributed by atoms with Gasteiger partial charge in [0.15, 0.2) is 0 Å². The number of non-ortho nitro benzene ring substituents is 1. The van der Waals surface area contributed by atoms with E-state index in [0.29, 0.717) is 19.4 Å². The molecule has 1 amide bonds. The van der Waals surface area contributed by atoms with Gasteiger partial charge in [-0.1, -0.05) is 18.2 Å². The monoisotopic (exact) mass is 493 g/mol. The maximum absolute atomic E-state index is 13.7. The number of nitro groups is 1. The maximum Gasteiger partial charge on any atom is 0.513 e. The zero-order valence-corrected chi connectivity index (χ0v) is 19.9. The van der Waals surface area contributed by atoms with Gasteiger partial charge in [0.1, 0.15) is 17.5 Å². The summed E-state index contributed by atoms with van der Waals surface area (Å²) in [6.45, 7) is 3.62. The quantitative estimate of drug-likeness (QED) is 0.131. The Morgan fingerprint density at radius 3 is 2.21 bits per heavy atom. The summed E-state index contributed by atoms with van der Waals surface area (Å²) in [7, 11) is -4.20. The van der Waals surface area contributed by atoms with Gasteiger partial charge in [0.05, 0.1) is 11.5 Å². The van der Waals surface area contributed by atoms with E-state index >= 15 is 0 Å². The topological polar surface area (TPSA) is 146 Å². The Morgan fingerprint density at radius 1 is 1.03 bits per heavy atom. The number of nitro benzene ring substituents is 1. The van der Waals surface area contributed by atoms with Gasteiger partial charge in [0.2, 0.25) is 5.91 Å². The van der Waals surface area contributed by atoms with Crippen LogP contribution in [0.5, 0.6) is 11.5 Å². The molecule has 1 unspecified atom stereocenters. The summed E-state index contributed by atoms with van der Waals surface area (Å²) < 4.78 is 30.0. The molecule has 0 saturated heterocycles. The molecule has 2 rings (SSSR count). The van der Waals surface area contributed by atoms with Crippen molar-refractivity contribution >= 4 is 25.3 Å². The van der Waals surface area contributed by atoms with Gasteiger partial charge in [-0.05, 0) is 50.5 Å². The van der Waals surface area contributed by atoms with Crippen molar-refractivity contribution in [3.05, 3.63) is 64.7 Å². The van der Waals surface area contributed by atoms with Gasteiger partial charge in [-0.3, -0.25) is 19.7 Å². The van der Waals surface area contributed by atoms with Crippen LogP contribution < -0.4 is 19.5 Å². The van der Waals surface area contributed by atoms with Crippen molar-refractivity contribution in [2.45, 2.75) is 39.2 Å². The highest BCUT2D eigenvalue weighted by atomic mass is 31.2. The molecule has 2 aromatic carbocycles. The van der Waals surface area contributed by atoms with Gasteiger partial charge >= 0.3 is 13.7 Å². The van der Waals surface area contributed by atoms with E-state index in [1.165, 1.54) is 31.2 Å². The average Bonchev–Trinajstić information content (AvgIpc) is 2.79. The summed E-state index contributed by atoms with van der Waals surface area (Å²) in [5.41, 5.74) is -0.164. The van der Waals surface area contributed by atoms with Crippen LogP contribution in [0.3, 0.4) is 0 Å². The Bertz CT molecular complexity index is 1000. The molecule has 0 aromatic heterocycles. The summed E-state index contributed by atoms with van der Waals surface area (Å²) in [5.74, 6) is -0.511. The number of rotatable bonds is 14. The van der Waals surface area contributed by atoms with Crippen LogP contribution in [-0.2, 0) is 18.9 Å². The van der Waals surface area contributed by atoms with Crippen LogP contribution >= 0.6 is 7.75 Å². The molecule has 0 aliphatic heterocycles. The Labute approximate surface area is 197 Å². The lowest BCUT2D eigenvalue weighted by molar-refractivity contribution is -0.384. The molecule has 184 valence electrons. The number of carbonyl (C=O) groups is 2. The molecule has 11 nitrogen and oxygen atoms in total. The minimum Gasteiger partial charge on any atom is -0.465 e. The van der Waals surface area contributed by atoms with Crippen molar-refractivity contribution < 1.29 is 32.9 Å². The first-order valence-electron chi connectivity index (χ1n) is 10.7. The number of hydrogen-bond donors (Lipinski definition) is 2. The van der Waals surface area contributed by atoms with Crippen molar-refractivity contribution in [1.29, 1.82) is 0 Å². The molecule has 0 spiro atoms. The summed E-state index contributed by atoms with van der Waals surface area (Å²) in [4.78, 5) is 33.9. The predicted molar refractivity (Wildman–Crippen MR) is 124 cm³/mol. The second-order valence-electron chi connectivity index (χ2n) is 7.16. The highest BCUT2D eigenvalue weighted by molar-refractivity contribution is 7.52. The van der Waals surface area contributed by atoms with Crippen molar-refractivity contribution in [2.24, 2.45) is 0 Å². The van der Waals surface area contributed by atoms with E-state index in [0.717, 1.165) is 0 Å². The first-order valence-corrected chi connectivity index (χ1v) is 12.2. The molecule has 2 atom stereocenters. The van der Waals surface area contributed by atoms with Crippen LogP contribution in [-0.4, -0.2) is 36.0 Å². The summed E-state index contributed by atoms with van der Waals surface area (Å²) in [6.07, 6.45) is 1.34. The van der Waals surface area contributed by atoms with Gasteiger partial charge in [0.25, 0.3) is 5.69 Å². The van der Waals surface area contributed by atoms with E-state index in [1.54, 1.807) is 37.3 Å². The molecular formula is C22H28N3O8P. The highest BCUT2D eigenvalue weighted by Crippen LogP contribution is 2.46. The van der Waals surface area contributed by atoms with Crippen molar-refractivity contribution in [3.63, 3.8) is 0 Å². The number of ether oxygens (including phenoxy) is 1. The molecule has 0 radical (unpaired) electrons. The van der Waals surface area contributed by atoms with Crippen LogP contribution in [0.25, 0.3) is 0 Å². The molecule has 2 N–H and O–H groups in total. The van der Waals surface area contributed by atoms with Gasteiger partial charge in [-0.15, -0.1) is 0 Å². The average molecular weight is 493 g/mol. The number of amides is 1. The Morgan fingerprint density at radius 2 is 1.65 bits per heavy atom. The molecule has 0 fully saturated rings. The van der Waals surface area contributed by atoms with Gasteiger partial charge in [-0.2, -0.15) is 5.09 Å². The third-order valence-corrected chi connectivity index (χ3v) is 5.95. The minimum absolute atomic E-state index is 0.0469. The second kappa shape index (κ2) is 13.3. The van der Waals surface area contributed by atoms with Gasteiger partial charge < -0.3 is 19.1 Å². The van der Waals surface area contributed by atoms with Crippen LogP contribution in [0, 0.1) is 10.1 Å². The lowest BCUT2D eigenvalue weighted by atomic mass is 10.1. The lowest BCUT2D eigenvalue weighted by Gasteiger charge is -2.24.